The molecule has 0 fully saturated rings. The molecule has 0 saturated heterocycles. The Morgan fingerprint density at radius 3 is 2.17 bits per heavy atom. The van der Waals surface area contributed by atoms with Gasteiger partial charge in [0.05, 0.1) is 28.2 Å². The molecule has 8 nitrogen and oxygen atoms in total. The van der Waals surface area contributed by atoms with Gasteiger partial charge in [-0.25, -0.2) is 9.67 Å². The lowest BCUT2D eigenvalue weighted by Crippen LogP contribution is -2.50. The van der Waals surface area contributed by atoms with E-state index in [4.69, 9.17) is 17.3 Å². The average molecular weight is 626 g/mol. The minimum absolute atomic E-state index is 0.0233. The third-order valence-corrected chi connectivity index (χ3v) is 6.27. The number of carbonyl (C=O) groups excluding carboxylic acids is 3. The fraction of sp³-hybridized carbons (Fsp3) is 0.320. The minimum atomic E-state index is -6.25. The molecule has 2 aromatic carbocycles. The van der Waals surface area contributed by atoms with Gasteiger partial charge in [-0.05, 0) is 50.1 Å². The topological polar surface area (TPSA) is 111 Å². The molecule has 1 heterocycles. The van der Waals surface area contributed by atoms with Crippen molar-refractivity contribution in [3.05, 3.63) is 75.3 Å². The van der Waals surface area contributed by atoms with E-state index in [2.05, 4.69) is 10.1 Å². The Balaban J connectivity index is 2.12. The molecule has 2 amide bonds. The van der Waals surface area contributed by atoms with E-state index in [1.165, 1.54) is 51.1 Å². The molecule has 0 radical (unpaired) electrons. The Hall–Kier alpha value is -4.08. The van der Waals surface area contributed by atoms with Gasteiger partial charge in [-0.3, -0.25) is 14.5 Å². The number of amides is 2. The zero-order valence-electron chi connectivity index (χ0n) is 21.7. The van der Waals surface area contributed by atoms with Crippen molar-refractivity contribution in [3.8, 4) is 0 Å². The van der Waals surface area contributed by atoms with Crippen LogP contribution in [0.3, 0.4) is 0 Å². The van der Waals surface area contributed by atoms with Crippen molar-refractivity contribution in [2.24, 2.45) is 5.73 Å². The second kappa shape index (κ2) is 11.0. The van der Waals surface area contributed by atoms with Gasteiger partial charge in [0.15, 0.2) is 0 Å². The number of aldehydes is 1. The zero-order valence-corrected chi connectivity index (χ0v) is 22.5. The van der Waals surface area contributed by atoms with E-state index in [1.54, 1.807) is 0 Å². The minimum Gasteiger partial charge on any atom is -0.366 e. The van der Waals surface area contributed by atoms with E-state index >= 15 is 0 Å². The highest BCUT2D eigenvalue weighted by molar-refractivity contribution is 6.36. The van der Waals surface area contributed by atoms with Gasteiger partial charge in [0.2, 0.25) is 17.6 Å². The number of primary amides is 1. The van der Waals surface area contributed by atoms with Crippen molar-refractivity contribution in [2.45, 2.75) is 51.1 Å². The third-order valence-electron chi connectivity index (χ3n) is 5.96. The van der Waals surface area contributed by atoms with Crippen LogP contribution in [-0.4, -0.2) is 44.6 Å². The van der Waals surface area contributed by atoms with Crippen LogP contribution in [0.4, 0.5) is 40.8 Å². The van der Waals surface area contributed by atoms with Crippen molar-refractivity contribution in [1.82, 2.24) is 14.8 Å². The number of nitrogens with zero attached hydrogens (tertiary/aromatic N) is 4. The molecule has 0 aliphatic rings. The lowest BCUT2D eigenvalue weighted by Gasteiger charge is -2.36. The number of benzene rings is 2. The van der Waals surface area contributed by atoms with Gasteiger partial charge < -0.3 is 10.5 Å². The molecular weight excluding hydrogens is 606 g/mol. The third kappa shape index (κ3) is 6.07. The first-order valence-electron chi connectivity index (χ1n) is 11.6. The quantitative estimate of drug-likeness (QED) is 0.256. The van der Waals surface area contributed by atoms with Crippen LogP contribution >= 0.6 is 11.6 Å². The molecule has 0 spiro atoms. The van der Waals surface area contributed by atoms with Crippen LogP contribution in [0.25, 0.3) is 0 Å². The van der Waals surface area contributed by atoms with Crippen LogP contribution in [0.5, 0.6) is 0 Å². The number of hydrogen-bond donors (Lipinski definition) is 1. The molecule has 2 N–H and O–H groups in total. The number of aryl methyl sites for hydroxylation is 1. The van der Waals surface area contributed by atoms with Gasteiger partial charge in [0, 0.05) is 5.69 Å². The van der Waals surface area contributed by atoms with E-state index < -0.39 is 53.8 Å². The average Bonchev–Trinajstić information content (AvgIpc) is 3.29. The van der Waals surface area contributed by atoms with Crippen LogP contribution in [0.1, 0.15) is 57.3 Å². The normalized spacial score (nSPS) is 12.8. The molecular formula is C25H20ClF8N5O3. The number of halogens is 9. The largest absolute Gasteiger partial charge is 0.461 e. The summed E-state index contributed by atoms with van der Waals surface area (Å²) < 4.78 is 106. The summed E-state index contributed by atoms with van der Waals surface area (Å²) in [4.78, 5) is 41.1. The first kappa shape index (κ1) is 32.4. The van der Waals surface area contributed by atoms with Crippen molar-refractivity contribution in [2.75, 3.05) is 4.90 Å². The molecule has 0 bridgehead atoms. The first-order valence-corrected chi connectivity index (χ1v) is 12.0. The fourth-order valence-electron chi connectivity index (χ4n) is 3.95. The maximum absolute atomic E-state index is 13.7. The summed E-state index contributed by atoms with van der Waals surface area (Å²) in [6, 6.07) is 7.43. The number of alkyl halides is 8. The summed E-state index contributed by atoms with van der Waals surface area (Å²) >= 11 is 6.19. The van der Waals surface area contributed by atoms with E-state index in [0.29, 0.717) is 6.29 Å². The molecule has 17 heteroatoms. The summed E-state index contributed by atoms with van der Waals surface area (Å²) in [5.41, 5.74) is 3.30. The molecule has 0 saturated carbocycles. The Bertz CT molecular complexity index is 1550. The first-order chi connectivity index (χ1) is 19.1. The highest BCUT2D eigenvalue weighted by atomic mass is 35.5. The molecule has 0 aliphatic carbocycles. The van der Waals surface area contributed by atoms with E-state index in [0.717, 1.165) is 11.0 Å². The van der Waals surface area contributed by atoms with Crippen LogP contribution in [0.15, 0.2) is 36.4 Å². The molecule has 42 heavy (non-hydrogen) atoms. The number of aromatic nitrogens is 3. The van der Waals surface area contributed by atoms with Crippen molar-refractivity contribution < 1.29 is 49.5 Å². The fourth-order valence-corrected chi connectivity index (χ4v) is 4.21. The monoisotopic (exact) mass is 625 g/mol. The smallest absolute Gasteiger partial charge is 0.366 e. The summed E-state index contributed by atoms with van der Waals surface area (Å²) in [6.07, 6.45) is -11.3. The van der Waals surface area contributed by atoms with Crippen LogP contribution < -0.4 is 10.6 Å². The zero-order chi connectivity index (χ0) is 32.0. The van der Waals surface area contributed by atoms with E-state index in [-0.39, 0.29) is 37.6 Å². The number of anilines is 1. The Kier molecular flexibility index (Phi) is 8.47. The molecule has 0 atom stereocenters. The molecule has 0 aliphatic heterocycles. The van der Waals surface area contributed by atoms with Crippen LogP contribution in [0, 0.1) is 6.92 Å². The highest BCUT2D eigenvalue weighted by Gasteiger charge is 2.62. The summed E-state index contributed by atoms with van der Waals surface area (Å²) in [7, 11) is 0. The van der Waals surface area contributed by atoms with Gasteiger partial charge in [-0.1, -0.05) is 29.8 Å². The molecule has 3 rings (SSSR count). The van der Waals surface area contributed by atoms with Gasteiger partial charge in [0.25, 0.3) is 5.91 Å². The lowest BCUT2D eigenvalue weighted by atomic mass is 9.97. The second-order valence-corrected chi connectivity index (χ2v) is 9.95. The number of hydrogen-bond acceptors (Lipinski definition) is 5. The van der Waals surface area contributed by atoms with Crippen molar-refractivity contribution in [1.29, 1.82) is 0 Å². The predicted octanol–water partition coefficient (Wildman–Crippen LogP) is 5.68. The van der Waals surface area contributed by atoms with Gasteiger partial charge in [0.1, 0.15) is 6.29 Å². The molecule has 0 unspecified atom stereocenters. The summed E-state index contributed by atoms with van der Waals surface area (Å²) in [6.45, 7) is 3.13. The van der Waals surface area contributed by atoms with Crippen molar-refractivity contribution >= 4 is 35.4 Å². The van der Waals surface area contributed by atoms with E-state index in [1.807, 2.05) is 0 Å². The van der Waals surface area contributed by atoms with Gasteiger partial charge in [-0.15, -0.1) is 5.10 Å². The molecule has 1 aromatic heterocycles. The standard InChI is InChI=1S/C25H20ClF8N5O3/c1-12-9-13(10-38-21(24(29,30)31)36-20(37-38)23(27,28)25(32,33)34)7-8-16(12)39(22(2,3)11-40)19(42)17-14(18(35)41)5-4-6-15(17)26/h4-9,11H,10H2,1-3H3,(H2,35,41). The Morgan fingerprint density at radius 1 is 1.05 bits per heavy atom. The Morgan fingerprint density at radius 2 is 1.67 bits per heavy atom. The maximum Gasteiger partial charge on any atom is 0.461 e. The SMILES string of the molecule is Cc1cc(Cn2nc(C(F)(F)C(F)(F)F)nc2C(F)(F)F)ccc1N(C(=O)c1c(Cl)cccc1C(N)=O)C(C)(C)C=O. The number of carbonyl (C=O) groups is 3. The molecule has 226 valence electrons. The van der Waals surface area contributed by atoms with Crippen LogP contribution in [0.2, 0.25) is 5.02 Å². The predicted molar refractivity (Wildman–Crippen MR) is 132 cm³/mol. The summed E-state index contributed by atoms with van der Waals surface area (Å²) in [5, 5.41) is 2.63. The van der Waals surface area contributed by atoms with Gasteiger partial charge in [-0.2, -0.15) is 35.1 Å². The van der Waals surface area contributed by atoms with Crippen molar-refractivity contribution in [3.63, 3.8) is 0 Å². The highest BCUT2D eigenvalue weighted by Crippen LogP contribution is 2.43. The van der Waals surface area contributed by atoms with Crippen LogP contribution in [-0.2, 0) is 23.4 Å². The second-order valence-electron chi connectivity index (χ2n) is 9.55. The lowest BCUT2D eigenvalue weighted by molar-refractivity contribution is -0.292. The van der Waals surface area contributed by atoms with Gasteiger partial charge >= 0.3 is 18.3 Å². The number of rotatable bonds is 8. The molecule has 3 aromatic rings. The Labute approximate surface area is 237 Å². The number of nitrogens with two attached hydrogens (primary N) is 1. The van der Waals surface area contributed by atoms with E-state index in [9.17, 15) is 49.5 Å². The summed E-state index contributed by atoms with van der Waals surface area (Å²) in [5.74, 6) is -12.2. The maximum atomic E-state index is 13.7.